The van der Waals surface area contributed by atoms with E-state index in [-0.39, 0.29) is 23.9 Å². The predicted octanol–water partition coefficient (Wildman–Crippen LogP) is 3.10. The fourth-order valence-corrected chi connectivity index (χ4v) is 3.67. The zero-order chi connectivity index (χ0) is 14.9. The number of piperidine rings is 1. The van der Waals surface area contributed by atoms with E-state index < -0.39 is 0 Å². The minimum Gasteiger partial charge on any atom is -0.339 e. The number of rotatable bonds is 3. The average Bonchev–Trinajstić information content (AvgIpc) is 2.92. The molecule has 126 valence electrons. The average molecular weight is 329 g/mol. The molecule has 1 aromatic heterocycles. The summed E-state index contributed by atoms with van der Waals surface area (Å²) in [5.74, 6) is 2.19. The van der Waals surface area contributed by atoms with Crippen LogP contribution in [0.5, 0.6) is 0 Å². The highest BCUT2D eigenvalue weighted by atomic mass is 35.5. The van der Waals surface area contributed by atoms with Crippen LogP contribution in [0.4, 0.5) is 0 Å². The molecule has 3 rings (SSSR count). The van der Waals surface area contributed by atoms with Gasteiger partial charge in [-0.25, -0.2) is 0 Å². The van der Waals surface area contributed by atoms with Crippen LogP contribution in [0.2, 0.25) is 0 Å². The minimum atomic E-state index is 0. The van der Waals surface area contributed by atoms with E-state index in [2.05, 4.69) is 28.9 Å². The predicted molar refractivity (Wildman–Crippen MR) is 89.0 cm³/mol. The molecule has 1 atom stereocenters. The Hall–Kier alpha value is -0.650. The Morgan fingerprint density at radius 2 is 1.95 bits per heavy atom. The number of nitrogens with zero attached hydrogens (tertiary/aromatic N) is 3. The summed E-state index contributed by atoms with van der Waals surface area (Å²) in [6, 6.07) is 0.289. The van der Waals surface area contributed by atoms with Gasteiger partial charge in [0.25, 0.3) is 0 Å². The SMILES string of the molecule is CC1(C)CN(Cc2noc(C3CCCCC3)n2)CCC1N.Cl. The molecule has 22 heavy (non-hydrogen) atoms. The van der Waals surface area contributed by atoms with E-state index in [1.54, 1.807) is 0 Å². The van der Waals surface area contributed by atoms with Gasteiger partial charge < -0.3 is 10.3 Å². The van der Waals surface area contributed by atoms with Crippen LogP contribution < -0.4 is 5.73 Å². The Kier molecular flexibility index (Phi) is 5.86. The Morgan fingerprint density at radius 1 is 1.23 bits per heavy atom. The molecule has 1 saturated carbocycles. The zero-order valence-corrected chi connectivity index (χ0v) is 14.6. The molecule has 5 nitrogen and oxygen atoms in total. The van der Waals surface area contributed by atoms with E-state index in [0.717, 1.165) is 37.8 Å². The molecular weight excluding hydrogens is 300 g/mol. The summed E-state index contributed by atoms with van der Waals surface area (Å²) in [7, 11) is 0. The van der Waals surface area contributed by atoms with Gasteiger partial charge in [-0.05, 0) is 24.7 Å². The maximum atomic E-state index is 6.19. The van der Waals surface area contributed by atoms with Gasteiger partial charge in [0, 0.05) is 25.0 Å². The Balaban J connectivity index is 0.00000176. The molecule has 1 aliphatic heterocycles. The van der Waals surface area contributed by atoms with Crippen LogP contribution in [0.25, 0.3) is 0 Å². The molecule has 0 aromatic carbocycles. The van der Waals surface area contributed by atoms with Gasteiger partial charge in [0.2, 0.25) is 5.89 Å². The summed E-state index contributed by atoms with van der Waals surface area (Å²) in [5, 5.41) is 4.19. The molecule has 0 radical (unpaired) electrons. The zero-order valence-electron chi connectivity index (χ0n) is 13.8. The van der Waals surface area contributed by atoms with Crippen molar-refractivity contribution in [3.63, 3.8) is 0 Å². The number of hydrogen-bond acceptors (Lipinski definition) is 5. The number of likely N-dealkylation sites (tertiary alicyclic amines) is 1. The first-order valence-electron chi connectivity index (χ1n) is 8.35. The fraction of sp³-hybridized carbons (Fsp3) is 0.875. The van der Waals surface area contributed by atoms with Crippen molar-refractivity contribution in [1.29, 1.82) is 0 Å². The van der Waals surface area contributed by atoms with Gasteiger partial charge in [0.05, 0.1) is 6.54 Å². The lowest BCUT2D eigenvalue weighted by Crippen LogP contribution is -2.52. The molecular formula is C16H29ClN4O. The Morgan fingerprint density at radius 3 is 2.64 bits per heavy atom. The summed E-state index contributed by atoms with van der Waals surface area (Å²) in [5.41, 5.74) is 6.35. The third-order valence-corrected chi connectivity index (χ3v) is 5.19. The summed E-state index contributed by atoms with van der Waals surface area (Å²) in [4.78, 5) is 7.05. The smallest absolute Gasteiger partial charge is 0.229 e. The van der Waals surface area contributed by atoms with E-state index in [9.17, 15) is 0 Å². The maximum absolute atomic E-state index is 6.19. The lowest BCUT2D eigenvalue weighted by molar-refractivity contribution is 0.0872. The molecule has 2 heterocycles. The molecule has 6 heteroatoms. The first-order valence-corrected chi connectivity index (χ1v) is 8.35. The van der Waals surface area contributed by atoms with Gasteiger partial charge in [-0.3, -0.25) is 4.90 Å². The molecule has 0 amide bonds. The third kappa shape index (κ3) is 4.00. The van der Waals surface area contributed by atoms with Gasteiger partial charge in [0.15, 0.2) is 5.82 Å². The highest BCUT2D eigenvalue weighted by molar-refractivity contribution is 5.85. The number of halogens is 1. The van der Waals surface area contributed by atoms with Crippen LogP contribution in [-0.2, 0) is 6.54 Å². The summed E-state index contributed by atoms with van der Waals surface area (Å²) < 4.78 is 5.51. The van der Waals surface area contributed by atoms with E-state index in [4.69, 9.17) is 10.3 Å². The molecule has 2 aliphatic rings. The summed E-state index contributed by atoms with van der Waals surface area (Å²) >= 11 is 0. The van der Waals surface area contributed by atoms with Crippen molar-refractivity contribution in [3.8, 4) is 0 Å². The van der Waals surface area contributed by atoms with Crippen molar-refractivity contribution in [1.82, 2.24) is 15.0 Å². The molecule has 1 saturated heterocycles. The van der Waals surface area contributed by atoms with Crippen LogP contribution >= 0.6 is 12.4 Å². The maximum Gasteiger partial charge on any atom is 0.229 e. The summed E-state index contributed by atoms with van der Waals surface area (Å²) in [6.07, 6.45) is 7.38. The number of aromatic nitrogens is 2. The topological polar surface area (TPSA) is 68.2 Å². The Bertz CT molecular complexity index is 470. The monoisotopic (exact) mass is 328 g/mol. The lowest BCUT2D eigenvalue weighted by atomic mass is 9.80. The lowest BCUT2D eigenvalue weighted by Gasteiger charge is -2.42. The van der Waals surface area contributed by atoms with Crippen LogP contribution in [-0.4, -0.2) is 34.2 Å². The number of nitrogens with two attached hydrogens (primary N) is 1. The number of hydrogen-bond donors (Lipinski definition) is 1. The quantitative estimate of drug-likeness (QED) is 0.923. The van der Waals surface area contributed by atoms with Crippen LogP contribution in [0.1, 0.15) is 70.0 Å². The second kappa shape index (κ2) is 7.28. The van der Waals surface area contributed by atoms with Gasteiger partial charge in [-0.15, -0.1) is 12.4 Å². The van der Waals surface area contributed by atoms with Crippen molar-refractivity contribution < 1.29 is 4.52 Å². The van der Waals surface area contributed by atoms with Crippen molar-refractivity contribution in [2.75, 3.05) is 13.1 Å². The molecule has 0 spiro atoms. The summed E-state index contributed by atoms with van der Waals surface area (Å²) in [6.45, 7) is 7.30. The highest BCUT2D eigenvalue weighted by Crippen LogP contribution is 2.32. The first-order chi connectivity index (χ1) is 10.0. The standard InChI is InChI=1S/C16H28N4O.ClH/c1-16(2)11-20(9-8-13(16)17)10-14-18-15(21-19-14)12-6-4-3-5-7-12;/h12-13H,3-11,17H2,1-2H3;1H. The fourth-order valence-electron chi connectivity index (χ4n) is 3.67. The molecule has 1 aromatic rings. The van der Waals surface area contributed by atoms with Crippen molar-refractivity contribution in [3.05, 3.63) is 11.7 Å². The van der Waals surface area contributed by atoms with Crippen LogP contribution in [0.15, 0.2) is 4.52 Å². The molecule has 1 unspecified atom stereocenters. The molecule has 2 N–H and O–H groups in total. The molecule has 0 bridgehead atoms. The van der Waals surface area contributed by atoms with Crippen LogP contribution in [0, 0.1) is 5.41 Å². The highest BCUT2D eigenvalue weighted by Gasteiger charge is 2.34. The van der Waals surface area contributed by atoms with Crippen LogP contribution in [0.3, 0.4) is 0 Å². The van der Waals surface area contributed by atoms with E-state index in [1.165, 1.54) is 32.1 Å². The molecule has 2 fully saturated rings. The minimum absolute atomic E-state index is 0. The largest absolute Gasteiger partial charge is 0.339 e. The first kappa shape index (κ1) is 17.7. The third-order valence-electron chi connectivity index (χ3n) is 5.19. The van der Waals surface area contributed by atoms with Gasteiger partial charge >= 0.3 is 0 Å². The second-order valence-corrected chi connectivity index (χ2v) is 7.48. The van der Waals surface area contributed by atoms with E-state index >= 15 is 0 Å². The van der Waals surface area contributed by atoms with Gasteiger partial charge in [-0.1, -0.05) is 38.3 Å². The van der Waals surface area contributed by atoms with Crippen molar-refractivity contribution in [2.24, 2.45) is 11.1 Å². The van der Waals surface area contributed by atoms with Crippen molar-refractivity contribution >= 4 is 12.4 Å². The van der Waals surface area contributed by atoms with E-state index in [0.29, 0.717) is 5.92 Å². The van der Waals surface area contributed by atoms with Gasteiger partial charge in [-0.2, -0.15) is 4.98 Å². The van der Waals surface area contributed by atoms with E-state index in [1.807, 2.05) is 0 Å². The molecule has 1 aliphatic carbocycles. The van der Waals surface area contributed by atoms with Crippen molar-refractivity contribution in [2.45, 2.75) is 70.9 Å². The normalized spacial score (nSPS) is 26.6. The van der Waals surface area contributed by atoms with Gasteiger partial charge in [0.1, 0.15) is 0 Å². The Labute approximate surface area is 139 Å². The second-order valence-electron chi connectivity index (χ2n) is 7.48.